The van der Waals surface area contributed by atoms with Gasteiger partial charge in [0.05, 0.1) is 32.0 Å². The van der Waals surface area contributed by atoms with Crippen LogP contribution in [0.5, 0.6) is 0 Å². The van der Waals surface area contributed by atoms with Crippen LogP contribution in [0.3, 0.4) is 0 Å². The molecule has 0 fully saturated rings. The topological polar surface area (TPSA) is 80.6 Å². The summed E-state index contributed by atoms with van der Waals surface area (Å²) in [6.07, 6.45) is 1.52. The molecular formula is C16H17FN2O4. The minimum atomic E-state index is -0.644. The summed E-state index contributed by atoms with van der Waals surface area (Å²) in [4.78, 5) is 23.3. The van der Waals surface area contributed by atoms with E-state index in [1.165, 1.54) is 19.4 Å². The van der Waals surface area contributed by atoms with E-state index < -0.39 is 11.8 Å². The first-order valence-electron chi connectivity index (χ1n) is 6.92. The first kappa shape index (κ1) is 16.5. The van der Waals surface area contributed by atoms with Gasteiger partial charge in [-0.25, -0.2) is 9.18 Å². The molecule has 0 saturated carbocycles. The number of carbonyl (C=O) groups excluding carboxylic acids is 2. The standard InChI is InChI=1S/C16H17FN2O4/c1-10-13(17)6-11(16(21)22-2)7-14(10)18-9-15(20)19-8-12-4-3-5-23-12/h3-7,18H,8-9H2,1-2H3,(H,19,20). The smallest absolute Gasteiger partial charge is 0.338 e. The molecule has 2 rings (SSSR count). The average molecular weight is 320 g/mol. The molecular weight excluding hydrogens is 303 g/mol. The zero-order valence-corrected chi connectivity index (χ0v) is 12.8. The molecule has 122 valence electrons. The Morgan fingerprint density at radius 3 is 2.78 bits per heavy atom. The molecule has 1 amide bonds. The zero-order chi connectivity index (χ0) is 16.8. The normalized spacial score (nSPS) is 10.2. The van der Waals surface area contributed by atoms with Gasteiger partial charge in [0, 0.05) is 11.3 Å². The van der Waals surface area contributed by atoms with E-state index in [9.17, 15) is 14.0 Å². The van der Waals surface area contributed by atoms with Crippen molar-refractivity contribution in [1.82, 2.24) is 5.32 Å². The van der Waals surface area contributed by atoms with E-state index >= 15 is 0 Å². The van der Waals surface area contributed by atoms with E-state index in [4.69, 9.17) is 4.42 Å². The van der Waals surface area contributed by atoms with Gasteiger partial charge in [-0.3, -0.25) is 4.79 Å². The highest BCUT2D eigenvalue weighted by Crippen LogP contribution is 2.21. The first-order chi connectivity index (χ1) is 11.0. The number of furan rings is 1. The molecule has 1 aromatic carbocycles. The summed E-state index contributed by atoms with van der Waals surface area (Å²) in [5.41, 5.74) is 0.754. The summed E-state index contributed by atoms with van der Waals surface area (Å²) in [5, 5.41) is 5.47. The Morgan fingerprint density at radius 1 is 1.35 bits per heavy atom. The van der Waals surface area contributed by atoms with E-state index in [2.05, 4.69) is 15.4 Å². The summed E-state index contributed by atoms with van der Waals surface area (Å²) >= 11 is 0. The molecule has 1 aromatic heterocycles. The molecule has 6 nitrogen and oxygen atoms in total. The van der Waals surface area contributed by atoms with Crippen LogP contribution in [0.2, 0.25) is 0 Å². The highest BCUT2D eigenvalue weighted by Gasteiger charge is 2.13. The SMILES string of the molecule is COC(=O)c1cc(F)c(C)c(NCC(=O)NCc2ccco2)c1. The second-order valence-electron chi connectivity index (χ2n) is 4.83. The lowest BCUT2D eigenvalue weighted by Gasteiger charge is -2.12. The number of esters is 1. The van der Waals surface area contributed by atoms with Crippen molar-refractivity contribution in [3.05, 3.63) is 53.2 Å². The predicted octanol–water partition coefficient (Wildman–Crippen LogP) is 2.24. The van der Waals surface area contributed by atoms with Gasteiger partial charge in [-0.05, 0) is 31.2 Å². The summed E-state index contributed by atoms with van der Waals surface area (Å²) in [7, 11) is 1.22. The number of halogens is 1. The lowest BCUT2D eigenvalue weighted by Crippen LogP contribution is -2.29. The second kappa shape index (κ2) is 7.44. The summed E-state index contributed by atoms with van der Waals surface area (Å²) < 4.78 is 23.5. The zero-order valence-electron chi connectivity index (χ0n) is 12.8. The minimum Gasteiger partial charge on any atom is -0.467 e. The predicted molar refractivity (Wildman–Crippen MR) is 81.5 cm³/mol. The molecule has 0 radical (unpaired) electrons. The lowest BCUT2D eigenvalue weighted by atomic mass is 10.1. The second-order valence-corrected chi connectivity index (χ2v) is 4.83. The third-order valence-corrected chi connectivity index (χ3v) is 3.24. The van der Waals surface area contributed by atoms with Crippen molar-refractivity contribution in [2.75, 3.05) is 19.0 Å². The number of hydrogen-bond acceptors (Lipinski definition) is 5. The van der Waals surface area contributed by atoms with Crippen LogP contribution in [-0.2, 0) is 16.1 Å². The van der Waals surface area contributed by atoms with Gasteiger partial charge >= 0.3 is 5.97 Å². The molecule has 0 bridgehead atoms. The number of carbonyl (C=O) groups is 2. The van der Waals surface area contributed by atoms with Gasteiger partial charge < -0.3 is 19.8 Å². The Kier molecular flexibility index (Phi) is 5.35. The van der Waals surface area contributed by atoms with E-state index in [0.717, 1.165) is 6.07 Å². The highest BCUT2D eigenvalue weighted by atomic mass is 19.1. The van der Waals surface area contributed by atoms with Crippen molar-refractivity contribution in [1.29, 1.82) is 0 Å². The molecule has 0 unspecified atom stereocenters. The summed E-state index contributed by atoms with van der Waals surface area (Å²) in [6, 6.07) is 6.02. The molecule has 2 N–H and O–H groups in total. The maximum Gasteiger partial charge on any atom is 0.338 e. The van der Waals surface area contributed by atoms with Crippen LogP contribution in [0.1, 0.15) is 21.7 Å². The number of ether oxygens (including phenoxy) is 1. The lowest BCUT2D eigenvalue weighted by molar-refractivity contribution is -0.119. The fourth-order valence-corrected chi connectivity index (χ4v) is 1.94. The van der Waals surface area contributed by atoms with E-state index in [1.54, 1.807) is 19.1 Å². The Morgan fingerprint density at radius 2 is 2.13 bits per heavy atom. The van der Waals surface area contributed by atoms with Crippen molar-refractivity contribution < 1.29 is 23.1 Å². The van der Waals surface area contributed by atoms with Crippen LogP contribution < -0.4 is 10.6 Å². The number of hydrogen-bond donors (Lipinski definition) is 2. The van der Waals surface area contributed by atoms with Gasteiger partial charge in [-0.2, -0.15) is 0 Å². The highest BCUT2D eigenvalue weighted by molar-refractivity contribution is 5.91. The van der Waals surface area contributed by atoms with Crippen molar-refractivity contribution in [2.45, 2.75) is 13.5 Å². The van der Waals surface area contributed by atoms with E-state index in [0.29, 0.717) is 17.0 Å². The van der Waals surface area contributed by atoms with Crippen LogP contribution in [-0.4, -0.2) is 25.5 Å². The van der Waals surface area contributed by atoms with Crippen LogP contribution in [0, 0.1) is 12.7 Å². The van der Waals surface area contributed by atoms with Crippen LogP contribution in [0.25, 0.3) is 0 Å². The quantitative estimate of drug-likeness (QED) is 0.798. The molecule has 0 saturated heterocycles. The first-order valence-corrected chi connectivity index (χ1v) is 6.92. The maximum atomic E-state index is 13.8. The van der Waals surface area contributed by atoms with Crippen molar-refractivity contribution in [3.63, 3.8) is 0 Å². The van der Waals surface area contributed by atoms with Gasteiger partial charge in [-0.1, -0.05) is 0 Å². The summed E-state index contributed by atoms with van der Waals surface area (Å²) in [6.45, 7) is 1.76. The van der Waals surface area contributed by atoms with Gasteiger partial charge in [0.25, 0.3) is 0 Å². The number of nitrogens with one attached hydrogen (secondary N) is 2. The van der Waals surface area contributed by atoms with Gasteiger partial charge in [0.2, 0.25) is 5.91 Å². The number of methoxy groups -OCH3 is 1. The number of anilines is 1. The van der Waals surface area contributed by atoms with Crippen molar-refractivity contribution in [3.8, 4) is 0 Å². The molecule has 0 atom stereocenters. The van der Waals surface area contributed by atoms with Gasteiger partial charge in [0.15, 0.2) is 0 Å². The third kappa shape index (κ3) is 4.32. The van der Waals surface area contributed by atoms with Gasteiger partial charge in [0.1, 0.15) is 11.6 Å². The summed E-state index contributed by atoms with van der Waals surface area (Å²) in [5.74, 6) is -0.849. The molecule has 0 aliphatic rings. The Balaban J connectivity index is 1.97. The Bertz CT molecular complexity index is 698. The molecule has 0 spiro atoms. The Hall–Kier alpha value is -2.83. The van der Waals surface area contributed by atoms with Crippen molar-refractivity contribution >= 4 is 17.6 Å². The van der Waals surface area contributed by atoms with Gasteiger partial charge in [-0.15, -0.1) is 0 Å². The van der Waals surface area contributed by atoms with Crippen LogP contribution in [0.15, 0.2) is 34.9 Å². The molecule has 0 aliphatic carbocycles. The third-order valence-electron chi connectivity index (χ3n) is 3.24. The molecule has 23 heavy (non-hydrogen) atoms. The molecule has 0 aliphatic heterocycles. The van der Waals surface area contributed by atoms with E-state index in [1.807, 2.05) is 0 Å². The minimum absolute atomic E-state index is 0.0639. The monoisotopic (exact) mass is 320 g/mol. The number of benzene rings is 1. The van der Waals surface area contributed by atoms with Crippen LogP contribution in [0.4, 0.5) is 10.1 Å². The van der Waals surface area contributed by atoms with Crippen molar-refractivity contribution in [2.24, 2.45) is 0 Å². The fourth-order valence-electron chi connectivity index (χ4n) is 1.94. The molecule has 1 heterocycles. The fraction of sp³-hybridized carbons (Fsp3) is 0.250. The molecule has 2 aromatic rings. The number of rotatable bonds is 6. The molecule has 7 heteroatoms. The average Bonchev–Trinajstić information content (AvgIpc) is 3.06. The maximum absolute atomic E-state index is 13.8. The largest absolute Gasteiger partial charge is 0.467 e. The van der Waals surface area contributed by atoms with Crippen LogP contribution >= 0.6 is 0 Å². The number of amides is 1. The Labute approximate surface area is 132 Å². The van der Waals surface area contributed by atoms with E-state index in [-0.39, 0.29) is 24.6 Å².